The minimum atomic E-state index is -1.61. The Bertz CT molecular complexity index is 3000. The van der Waals surface area contributed by atoms with E-state index in [9.17, 15) is 0 Å². The van der Waals surface area contributed by atoms with Gasteiger partial charge >= 0.3 is 0 Å². The summed E-state index contributed by atoms with van der Waals surface area (Å²) in [6.07, 6.45) is 4.14. The normalized spacial score (nSPS) is 12.5. The molecule has 0 heterocycles. The summed E-state index contributed by atoms with van der Waals surface area (Å²) in [4.78, 5) is 0. The lowest BCUT2D eigenvalue weighted by Crippen LogP contribution is -2.07. The first-order valence-electron chi connectivity index (χ1n) is 26.8. The summed E-state index contributed by atoms with van der Waals surface area (Å²) in [6, 6.07) is 34.0. The van der Waals surface area contributed by atoms with Crippen LogP contribution >= 0.6 is 220 Å². The number of hydrogen-bond donors (Lipinski definition) is 0. The van der Waals surface area contributed by atoms with Gasteiger partial charge in [0.15, 0.2) is 0 Å². The molecule has 0 saturated carbocycles. The van der Waals surface area contributed by atoms with Gasteiger partial charge in [0, 0.05) is 176 Å². The van der Waals surface area contributed by atoms with E-state index in [-0.39, 0.29) is 0 Å². The zero-order valence-corrected chi connectivity index (χ0v) is 67.9. The largest absolute Gasteiger partial charge is 0.496 e. The fourth-order valence-electron chi connectivity index (χ4n) is 11.5. The fourth-order valence-corrected chi connectivity index (χ4v) is 16.0. The van der Waals surface area contributed by atoms with Gasteiger partial charge in [-0.3, -0.25) is 0 Å². The van der Waals surface area contributed by atoms with Crippen LogP contribution in [0.2, 0.25) is 0 Å². The van der Waals surface area contributed by atoms with Crippen LogP contribution in [0.3, 0.4) is 0 Å². The maximum absolute atomic E-state index is 6.36. The molecule has 0 N–H and O–H groups in total. The number of fused-ring (bicyclic) bond motifs is 16. The monoisotopic (exact) mass is 1890 g/mol. The van der Waals surface area contributed by atoms with Crippen molar-refractivity contribution in [2.45, 2.75) is 57.9 Å². The number of hydrogen-bond acceptors (Lipinski definition) is 8. The number of methoxy groups -OCH3 is 8. The molecule has 0 amide bonds. The third kappa shape index (κ3) is 20.7. The summed E-state index contributed by atoms with van der Waals surface area (Å²) in [5.74, 6) is 6.22. The second-order valence-corrected chi connectivity index (χ2v) is 34.5. The maximum Gasteiger partial charge on any atom is 0.266 e. The molecule has 9 rings (SSSR count). The van der Waals surface area contributed by atoms with Crippen molar-refractivity contribution >= 4 is 220 Å². The number of rotatable bonds is 8. The number of ether oxygens (including phenoxy) is 8. The molecule has 90 heavy (non-hydrogen) atoms. The van der Waals surface area contributed by atoms with Gasteiger partial charge in [0.25, 0.3) is 6.50 Å². The summed E-state index contributed by atoms with van der Waals surface area (Å²) in [5.41, 5.74) is 15.8. The van der Waals surface area contributed by atoms with Crippen molar-refractivity contribution in [1.82, 2.24) is 0 Å². The first-order chi connectivity index (χ1) is 42.5. The highest BCUT2D eigenvalue weighted by Gasteiger charge is 2.26. The molecule has 24 heteroatoms. The third-order valence-electron chi connectivity index (χ3n) is 14.3. The van der Waals surface area contributed by atoms with E-state index in [4.69, 9.17) is 131 Å². The van der Waals surface area contributed by atoms with E-state index in [0.29, 0.717) is 51.4 Å². The van der Waals surface area contributed by atoms with Crippen molar-refractivity contribution in [1.29, 1.82) is 0 Å². The SMILES string of the molecule is COc1c2cc(Br)cc1Cc1cc(Br)cc(c1OC)Cc1cc(Br)cc(c1OC)Cc1cc(Br)cc(c1OC)Cc1cc(Br)cc(c1OC)Cc1cc(Br)cc(c1OC)Cc1cc(Br)cc(c1OC)Cc1cc(Br)cc(c1OC)C2.ClC(Cl)(Cl)Cl.ClC(Cl)(Cl)Cl. The molecule has 1 aliphatic rings. The van der Waals surface area contributed by atoms with E-state index in [1.54, 1.807) is 56.9 Å². The second-order valence-electron chi connectivity index (χ2n) is 20.3. The van der Waals surface area contributed by atoms with Gasteiger partial charge in [0.05, 0.1) is 56.9 Å². The van der Waals surface area contributed by atoms with Crippen molar-refractivity contribution in [3.63, 3.8) is 0 Å². The molecule has 0 fully saturated rings. The molecule has 8 aromatic rings. The highest BCUT2D eigenvalue weighted by molar-refractivity contribution is 9.11. The maximum atomic E-state index is 6.36. The minimum absolute atomic E-state index is 0.517. The van der Waals surface area contributed by atoms with Gasteiger partial charge in [0.2, 0.25) is 0 Å². The predicted octanol–water partition coefficient (Wildman–Crippen LogP) is 24.0. The zero-order chi connectivity index (χ0) is 66.1. The van der Waals surface area contributed by atoms with E-state index in [1.807, 2.05) is 0 Å². The number of alkyl halides is 8. The van der Waals surface area contributed by atoms with Gasteiger partial charge in [0.1, 0.15) is 46.0 Å². The molecule has 0 atom stereocenters. The quantitative estimate of drug-likeness (QED) is 0.139. The first-order valence-corrected chi connectivity index (χ1v) is 36.2. The van der Waals surface area contributed by atoms with Crippen molar-refractivity contribution in [3.8, 4) is 46.0 Å². The Balaban J connectivity index is 0.00000107. The van der Waals surface area contributed by atoms with Gasteiger partial charge in [-0.25, -0.2) is 0 Å². The van der Waals surface area contributed by atoms with Crippen molar-refractivity contribution < 1.29 is 37.9 Å². The topological polar surface area (TPSA) is 73.8 Å². The standard InChI is InChI=1S/C64H56Br8O8.2CCl4/c1-73-57-33-9-35-19-50(66)21-37(58(35)74-2)11-39-23-52(68)25-41(60(39)76-4)13-43-27-54(70)29-45(62(43)78-6)15-47-31-56(72)32-48(64(47)80-8)16-46-30-55(71)28-44(63(46)79-7)14-42-26-53(69)24-40(61(42)77-5)12-38-22-51(67)20-36(59(38)75-3)10-34(57)18-49(65)17-33;2*2-1(3,4)5/h17-32H,9-16H2,1-8H3;;. The highest BCUT2D eigenvalue weighted by Crippen LogP contribution is 2.45. The van der Waals surface area contributed by atoms with Crippen LogP contribution < -0.4 is 37.9 Å². The van der Waals surface area contributed by atoms with Crippen molar-refractivity contribution in [3.05, 3.63) is 222 Å². The Morgan fingerprint density at radius 2 is 0.267 bits per heavy atom. The average Bonchev–Trinajstić information content (AvgIpc) is 1.07. The Labute approximate surface area is 633 Å². The Morgan fingerprint density at radius 3 is 0.322 bits per heavy atom. The van der Waals surface area contributed by atoms with Crippen LogP contribution in [0.15, 0.2) is 133 Å². The van der Waals surface area contributed by atoms with Crippen LogP contribution in [0.25, 0.3) is 0 Å². The molecule has 8 nitrogen and oxygen atoms in total. The molecule has 0 spiro atoms. The minimum Gasteiger partial charge on any atom is -0.496 e. The van der Waals surface area contributed by atoms with Crippen molar-refractivity contribution in [2.75, 3.05) is 56.9 Å². The molecular weight excluding hydrogens is 1840 g/mol. The Kier molecular flexibility index (Phi) is 28.6. The van der Waals surface area contributed by atoms with Crippen LogP contribution in [0.5, 0.6) is 46.0 Å². The third-order valence-corrected chi connectivity index (χ3v) is 18.0. The van der Waals surface area contributed by atoms with Crippen LogP contribution in [-0.4, -0.2) is 63.4 Å². The molecule has 0 saturated heterocycles. The lowest BCUT2D eigenvalue weighted by Gasteiger charge is -2.22. The second kappa shape index (κ2) is 34.0. The van der Waals surface area contributed by atoms with Gasteiger partial charge in [-0.1, -0.05) is 220 Å². The van der Waals surface area contributed by atoms with Gasteiger partial charge in [-0.2, -0.15) is 0 Å². The predicted molar refractivity (Wildman–Crippen MR) is 400 cm³/mol. The Hall–Kier alpha value is -1.68. The molecule has 0 unspecified atom stereocenters. The van der Waals surface area contributed by atoms with Crippen LogP contribution in [-0.2, 0) is 51.4 Å². The van der Waals surface area contributed by atoms with Crippen molar-refractivity contribution in [2.24, 2.45) is 0 Å². The highest BCUT2D eigenvalue weighted by atomic mass is 79.9. The molecule has 16 bridgehead atoms. The number of benzene rings is 8. The summed E-state index contributed by atoms with van der Waals surface area (Å²) in [7, 11) is 13.9. The van der Waals surface area contributed by atoms with E-state index < -0.39 is 6.50 Å². The molecule has 1 aliphatic carbocycles. The van der Waals surface area contributed by atoms with E-state index in [2.05, 4.69) is 225 Å². The summed E-state index contributed by atoms with van der Waals surface area (Å²) in [6.45, 7) is 0. The van der Waals surface area contributed by atoms with Crippen LogP contribution in [0.1, 0.15) is 89.0 Å². The van der Waals surface area contributed by atoms with Gasteiger partial charge < -0.3 is 37.9 Å². The Morgan fingerprint density at radius 1 is 0.200 bits per heavy atom. The molecular formula is C66H56Br8Cl8O8. The fraction of sp³-hybridized carbons (Fsp3) is 0.273. The molecule has 480 valence electrons. The summed E-state index contributed by atoms with van der Waals surface area (Å²) in [5, 5.41) is 0. The molecule has 0 radical (unpaired) electrons. The smallest absolute Gasteiger partial charge is 0.266 e. The number of halogens is 16. The van der Waals surface area contributed by atoms with Crippen LogP contribution in [0, 0.1) is 0 Å². The molecule has 8 aromatic carbocycles. The summed E-state index contributed by atoms with van der Waals surface area (Å²) >= 11 is 69.7. The first kappa shape index (κ1) is 75.7. The van der Waals surface area contributed by atoms with Gasteiger partial charge in [-0.05, 0) is 97.1 Å². The average molecular weight is 1900 g/mol. The van der Waals surface area contributed by atoms with Crippen LogP contribution in [0.4, 0.5) is 0 Å². The molecule has 0 aromatic heterocycles. The summed E-state index contributed by atoms with van der Waals surface area (Å²) < 4.78 is 55.0. The van der Waals surface area contributed by atoms with E-state index >= 15 is 0 Å². The lowest BCUT2D eigenvalue weighted by atomic mass is 9.91. The molecule has 0 aliphatic heterocycles. The lowest BCUT2D eigenvalue weighted by molar-refractivity contribution is 0.396. The van der Waals surface area contributed by atoms with E-state index in [0.717, 1.165) is 171 Å². The van der Waals surface area contributed by atoms with Gasteiger partial charge in [-0.15, -0.1) is 0 Å². The zero-order valence-electron chi connectivity index (χ0n) is 49.2. The van der Waals surface area contributed by atoms with E-state index in [1.165, 1.54) is 0 Å².